The number of ether oxygens (including phenoxy) is 1. The molecule has 1 rings (SSSR count). The lowest BCUT2D eigenvalue weighted by atomic mass is 10.2. The lowest BCUT2D eigenvalue weighted by molar-refractivity contribution is -0.145. The summed E-state index contributed by atoms with van der Waals surface area (Å²) in [5.74, 6) is -0.446. The maximum absolute atomic E-state index is 12.2. The fourth-order valence-corrected chi connectivity index (χ4v) is 1.77. The van der Waals surface area contributed by atoms with Gasteiger partial charge in [0.05, 0.1) is 19.3 Å². The first-order valence-electron chi connectivity index (χ1n) is 5.38. The average molecular weight is 237 g/mol. The van der Waals surface area contributed by atoms with Crippen LogP contribution in [0.2, 0.25) is 0 Å². The number of amides is 1. The number of hydrogen-bond donors (Lipinski definition) is 1. The van der Waals surface area contributed by atoms with E-state index in [1.165, 1.54) is 0 Å². The van der Waals surface area contributed by atoms with Gasteiger partial charge in [-0.05, 0) is 19.8 Å². The van der Waals surface area contributed by atoms with Gasteiger partial charge in [0.2, 0.25) is 0 Å². The molecule has 0 saturated carbocycles. The van der Waals surface area contributed by atoms with Crippen molar-refractivity contribution in [1.29, 1.82) is 0 Å². The molecule has 1 saturated heterocycles. The number of rotatable bonds is 5. The summed E-state index contributed by atoms with van der Waals surface area (Å²) in [5.41, 5.74) is 0. The highest BCUT2D eigenvalue weighted by molar-refractivity contribution is 5.81. The molecular formula is C10H17F2NO3. The molecule has 94 valence electrons. The highest BCUT2D eigenvalue weighted by Gasteiger charge is 2.32. The van der Waals surface area contributed by atoms with Crippen molar-refractivity contribution in [3.05, 3.63) is 0 Å². The van der Waals surface area contributed by atoms with E-state index in [0.29, 0.717) is 6.42 Å². The summed E-state index contributed by atoms with van der Waals surface area (Å²) < 4.78 is 29.7. The lowest BCUT2D eigenvalue weighted by Gasteiger charge is -2.24. The van der Waals surface area contributed by atoms with Gasteiger partial charge in [-0.2, -0.15) is 0 Å². The second kappa shape index (κ2) is 6.10. The van der Waals surface area contributed by atoms with E-state index in [-0.39, 0.29) is 19.3 Å². The van der Waals surface area contributed by atoms with Crippen molar-refractivity contribution in [2.45, 2.75) is 38.4 Å². The summed E-state index contributed by atoms with van der Waals surface area (Å²) in [5, 5.41) is 8.71. The van der Waals surface area contributed by atoms with Crippen LogP contribution in [-0.4, -0.2) is 54.2 Å². The number of carbonyl (C=O) groups excluding carboxylic acids is 1. The fourth-order valence-electron chi connectivity index (χ4n) is 1.77. The molecule has 0 radical (unpaired) electrons. The molecule has 0 aromatic heterocycles. The molecule has 0 bridgehead atoms. The minimum atomic E-state index is -2.59. The van der Waals surface area contributed by atoms with E-state index in [2.05, 4.69) is 0 Å². The predicted octanol–water partition coefficient (Wildman–Crippen LogP) is 0.640. The number of hydrogen-bond acceptors (Lipinski definition) is 3. The molecular weight excluding hydrogens is 220 g/mol. The van der Waals surface area contributed by atoms with Gasteiger partial charge in [-0.15, -0.1) is 0 Å². The van der Waals surface area contributed by atoms with Crippen molar-refractivity contribution in [1.82, 2.24) is 4.90 Å². The standard InChI is InChI=1S/C10H17F2NO3/c1-7-2-3-8(16-7)10(15)13(4-5-14)6-9(11)12/h7-9,14H,2-6H2,1H3. The monoisotopic (exact) mass is 237 g/mol. The first kappa shape index (κ1) is 13.3. The zero-order chi connectivity index (χ0) is 12.1. The van der Waals surface area contributed by atoms with Crippen LogP contribution in [0.3, 0.4) is 0 Å². The Labute approximate surface area is 93.2 Å². The Balaban J connectivity index is 2.52. The van der Waals surface area contributed by atoms with Crippen LogP contribution in [0.1, 0.15) is 19.8 Å². The van der Waals surface area contributed by atoms with Crippen molar-refractivity contribution >= 4 is 5.91 Å². The van der Waals surface area contributed by atoms with Gasteiger partial charge in [0, 0.05) is 6.54 Å². The van der Waals surface area contributed by atoms with Crippen LogP contribution in [0.4, 0.5) is 8.78 Å². The van der Waals surface area contributed by atoms with Gasteiger partial charge in [0.15, 0.2) is 0 Å². The minimum Gasteiger partial charge on any atom is -0.395 e. The molecule has 0 aromatic carbocycles. The normalized spacial score (nSPS) is 25.1. The van der Waals surface area contributed by atoms with Crippen molar-refractivity contribution in [2.24, 2.45) is 0 Å². The van der Waals surface area contributed by atoms with Crippen LogP contribution in [-0.2, 0) is 9.53 Å². The van der Waals surface area contributed by atoms with Gasteiger partial charge in [-0.25, -0.2) is 8.78 Å². The minimum absolute atomic E-state index is 0.00326. The molecule has 1 fully saturated rings. The summed E-state index contributed by atoms with van der Waals surface area (Å²) in [6.07, 6.45) is -1.89. The highest BCUT2D eigenvalue weighted by atomic mass is 19.3. The third-order valence-electron chi connectivity index (χ3n) is 2.55. The molecule has 16 heavy (non-hydrogen) atoms. The van der Waals surface area contributed by atoms with Crippen LogP contribution in [0.25, 0.3) is 0 Å². The number of alkyl halides is 2. The van der Waals surface area contributed by atoms with Gasteiger partial charge in [0.25, 0.3) is 12.3 Å². The second-order valence-electron chi connectivity index (χ2n) is 3.91. The Bertz CT molecular complexity index is 238. The van der Waals surface area contributed by atoms with Crippen molar-refractivity contribution in [3.63, 3.8) is 0 Å². The van der Waals surface area contributed by atoms with Gasteiger partial charge in [-0.3, -0.25) is 4.79 Å². The Kier molecular flexibility index (Phi) is 5.08. The highest BCUT2D eigenvalue weighted by Crippen LogP contribution is 2.21. The Hall–Kier alpha value is -0.750. The molecule has 1 heterocycles. The molecule has 1 N–H and O–H groups in total. The zero-order valence-electron chi connectivity index (χ0n) is 9.23. The quantitative estimate of drug-likeness (QED) is 0.763. The molecule has 1 aliphatic heterocycles. The SMILES string of the molecule is CC1CCC(C(=O)N(CCO)CC(F)F)O1. The number of nitrogens with zero attached hydrogens (tertiary/aromatic N) is 1. The first-order chi connectivity index (χ1) is 7.54. The largest absolute Gasteiger partial charge is 0.395 e. The molecule has 0 aromatic rings. The molecule has 4 nitrogen and oxygen atoms in total. The number of aliphatic hydroxyl groups is 1. The Morgan fingerprint density at radius 1 is 1.56 bits per heavy atom. The number of halogens is 2. The maximum Gasteiger partial charge on any atom is 0.255 e. The zero-order valence-corrected chi connectivity index (χ0v) is 9.23. The average Bonchev–Trinajstić information content (AvgIpc) is 2.62. The van der Waals surface area contributed by atoms with Crippen LogP contribution >= 0.6 is 0 Å². The molecule has 6 heteroatoms. The number of aliphatic hydroxyl groups excluding tert-OH is 1. The van der Waals surface area contributed by atoms with E-state index in [0.717, 1.165) is 11.3 Å². The van der Waals surface area contributed by atoms with Crippen molar-refractivity contribution < 1.29 is 23.4 Å². The van der Waals surface area contributed by atoms with E-state index in [9.17, 15) is 13.6 Å². The molecule has 1 aliphatic rings. The summed E-state index contributed by atoms with van der Waals surface area (Å²) in [6.45, 7) is 0.808. The summed E-state index contributed by atoms with van der Waals surface area (Å²) >= 11 is 0. The summed E-state index contributed by atoms with van der Waals surface area (Å²) in [7, 11) is 0. The van der Waals surface area contributed by atoms with E-state index in [1.807, 2.05) is 6.92 Å². The molecule has 1 amide bonds. The van der Waals surface area contributed by atoms with E-state index < -0.39 is 25.0 Å². The topological polar surface area (TPSA) is 49.8 Å². The third-order valence-corrected chi connectivity index (χ3v) is 2.55. The van der Waals surface area contributed by atoms with Crippen LogP contribution < -0.4 is 0 Å². The third kappa shape index (κ3) is 3.68. The second-order valence-corrected chi connectivity index (χ2v) is 3.91. The van der Waals surface area contributed by atoms with Gasteiger partial charge >= 0.3 is 0 Å². The molecule has 2 atom stereocenters. The van der Waals surface area contributed by atoms with Crippen LogP contribution in [0, 0.1) is 0 Å². The molecule has 2 unspecified atom stereocenters. The van der Waals surface area contributed by atoms with E-state index in [4.69, 9.17) is 9.84 Å². The fraction of sp³-hybridized carbons (Fsp3) is 0.900. The van der Waals surface area contributed by atoms with Crippen LogP contribution in [0.5, 0.6) is 0 Å². The van der Waals surface area contributed by atoms with Gasteiger partial charge in [0.1, 0.15) is 6.10 Å². The predicted molar refractivity (Wildman–Crippen MR) is 53.2 cm³/mol. The summed E-state index contributed by atoms with van der Waals surface area (Å²) in [6, 6.07) is 0. The molecule has 0 spiro atoms. The van der Waals surface area contributed by atoms with Crippen molar-refractivity contribution in [2.75, 3.05) is 19.7 Å². The molecule has 0 aliphatic carbocycles. The van der Waals surface area contributed by atoms with E-state index >= 15 is 0 Å². The summed E-state index contributed by atoms with van der Waals surface area (Å²) in [4.78, 5) is 12.7. The number of carbonyl (C=O) groups is 1. The van der Waals surface area contributed by atoms with E-state index in [1.54, 1.807) is 0 Å². The Morgan fingerprint density at radius 2 is 2.25 bits per heavy atom. The van der Waals surface area contributed by atoms with Crippen molar-refractivity contribution in [3.8, 4) is 0 Å². The maximum atomic E-state index is 12.2. The lowest BCUT2D eigenvalue weighted by Crippen LogP contribution is -2.43. The van der Waals surface area contributed by atoms with Crippen LogP contribution in [0.15, 0.2) is 0 Å². The Morgan fingerprint density at radius 3 is 2.69 bits per heavy atom. The van der Waals surface area contributed by atoms with Gasteiger partial charge in [-0.1, -0.05) is 0 Å². The first-order valence-corrected chi connectivity index (χ1v) is 5.38. The smallest absolute Gasteiger partial charge is 0.255 e. The van der Waals surface area contributed by atoms with Gasteiger partial charge < -0.3 is 14.7 Å².